The number of hydrogen-bond donors (Lipinski definition) is 1. The predicted octanol–water partition coefficient (Wildman–Crippen LogP) is 4.83. The number of amides is 1. The number of methoxy groups -OCH3 is 1. The summed E-state index contributed by atoms with van der Waals surface area (Å²) < 4.78 is 10.8. The molecule has 1 fully saturated rings. The first-order valence-corrected chi connectivity index (χ1v) is 10.6. The maximum Gasteiger partial charge on any atom is 0.250 e. The summed E-state index contributed by atoms with van der Waals surface area (Å²) in [6.45, 7) is 0.128. The van der Waals surface area contributed by atoms with Crippen molar-refractivity contribution in [2.75, 3.05) is 12.0 Å². The van der Waals surface area contributed by atoms with Gasteiger partial charge in [-0.25, -0.2) is 0 Å². The summed E-state index contributed by atoms with van der Waals surface area (Å²) in [6.07, 6.45) is 0. The molecule has 0 aliphatic carbocycles. The molecule has 2 atom stereocenters. The van der Waals surface area contributed by atoms with Crippen molar-refractivity contribution in [3.8, 4) is 17.2 Å². The number of aromatic hydroxyl groups is 1. The van der Waals surface area contributed by atoms with Gasteiger partial charge in [0.15, 0.2) is 16.5 Å². The number of carbonyl (C=O) groups excluding carboxylic acids is 1. The summed E-state index contributed by atoms with van der Waals surface area (Å²) in [5.41, 5.74) is 0.713. The van der Waals surface area contributed by atoms with Gasteiger partial charge in [-0.05, 0) is 35.9 Å². The predicted molar refractivity (Wildman–Crippen MR) is 115 cm³/mol. The molecule has 2 heterocycles. The Morgan fingerprint density at radius 2 is 1.97 bits per heavy atom. The Hall–Kier alpha value is -2.26. The molecule has 4 rings (SSSR count). The second-order valence-corrected chi connectivity index (χ2v) is 8.68. The Morgan fingerprint density at radius 3 is 2.70 bits per heavy atom. The first-order chi connectivity index (χ1) is 14.4. The molecule has 1 aromatic heterocycles. The van der Waals surface area contributed by atoms with Crippen LogP contribution in [0.3, 0.4) is 0 Å². The van der Waals surface area contributed by atoms with E-state index in [9.17, 15) is 9.90 Å². The number of nitrogens with zero attached hydrogens (tertiary/aromatic N) is 3. The van der Waals surface area contributed by atoms with Crippen LogP contribution in [0.5, 0.6) is 17.2 Å². The van der Waals surface area contributed by atoms with E-state index < -0.39 is 11.4 Å². The highest BCUT2D eigenvalue weighted by atomic mass is 35.5. The molecule has 2 aromatic carbocycles. The van der Waals surface area contributed by atoms with Gasteiger partial charge in [0.1, 0.15) is 17.7 Å². The van der Waals surface area contributed by atoms with Crippen LogP contribution in [-0.2, 0) is 11.4 Å². The molecule has 0 bridgehead atoms. The molecule has 0 spiro atoms. The lowest BCUT2D eigenvalue weighted by Gasteiger charge is -2.42. The number of phenols is 1. The van der Waals surface area contributed by atoms with Gasteiger partial charge in [0, 0.05) is 5.02 Å². The average Bonchev–Trinajstić information content (AvgIpc) is 3.19. The lowest BCUT2D eigenvalue weighted by molar-refractivity contribution is -0.123. The lowest BCUT2D eigenvalue weighted by Crippen LogP contribution is -2.56. The van der Waals surface area contributed by atoms with Gasteiger partial charge in [-0.2, -0.15) is 0 Å². The van der Waals surface area contributed by atoms with Gasteiger partial charge in [0.05, 0.1) is 18.2 Å². The number of rotatable bonds is 6. The Kier molecular flexibility index (Phi) is 5.92. The molecule has 1 N–H and O–H groups in total. The minimum Gasteiger partial charge on any atom is -0.504 e. The number of carbonyl (C=O) groups is 1. The van der Waals surface area contributed by atoms with Gasteiger partial charge < -0.3 is 14.6 Å². The fourth-order valence-corrected chi connectivity index (χ4v) is 4.62. The van der Waals surface area contributed by atoms with Gasteiger partial charge in [0.25, 0.3) is 0 Å². The number of ether oxygens (including phenoxy) is 2. The summed E-state index contributed by atoms with van der Waals surface area (Å²) in [4.78, 5) is 13.9. The van der Waals surface area contributed by atoms with E-state index in [1.165, 1.54) is 29.4 Å². The molecule has 1 aliphatic heterocycles. The number of phenolic OH excluding ortho intramolecular Hbond substituents is 1. The van der Waals surface area contributed by atoms with Crippen molar-refractivity contribution in [1.82, 2.24) is 10.2 Å². The lowest BCUT2D eigenvalue weighted by atomic mass is 9.93. The highest BCUT2D eigenvalue weighted by molar-refractivity contribution is 7.15. The smallest absolute Gasteiger partial charge is 0.250 e. The summed E-state index contributed by atoms with van der Waals surface area (Å²) >= 11 is 19.5. The summed E-state index contributed by atoms with van der Waals surface area (Å²) in [5.74, 6) is 0.480. The molecule has 3 aromatic rings. The quantitative estimate of drug-likeness (QED) is 0.397. The van der Waals surface area contributed by atoms with Gasteiger partial charge in [-0.3, -0.25) is 9.69 Å². The van der Waals surface area contributed by atoms with Gasteiger partial charge in [-0.15, -0.1) is 21.8 Å². The molecule has 11 heteroatoms. The molecule has 1 aliphatic rings. The van der Waals surface area contributed by atoms with Crippen LogP contribution in [0, 0.1) is 0 Å². The second kappa shape index (κ2) is 8.47. The fraction of sp³-hybridized carbons (Fsp3) is 0.211. The highest BCUT2D eigenvalue weighted by Crippen LogP contribution is 2.44. The topological polar surface area (TPSA) is 84.8 Å². The molecule has 7 nitrogen and oxygen atoms in total. The Morgan fingerprint density at radius 1 is 1.17 bits per heavy atom. The zero-order valence-corrected chi connectivity index (χ0v) is 18.5. The average molecular weight is 487 g/mol. The van der Waals surface area contributed by atoms with Crippen LogP contribution in [0.4, 0.5) is 5.13 Å². The molecule has 1 saturated heterocycles. The number of aromatic nitrogens is 2. The van der Waals surface area contributed by atoms with Crippen LogP contribution in [0.2, 0.25) is 10.0 Å². The molecular weight excluding hydrogens is 473 g/mol. The second-order valence-electron chi connectivity index (χ2n) is 6.33. The van der Waals surface area contributed by atoms with Crippen molar-refractivity contribution < 1.29 is 19.4 Å². The van der Waals surface area contributed by atoms with Crippen LogP contribution >= 0.6 is 46.1 Å². The van der Waals surface area contributed by atoms with E-state index in [1.807, 2.05) is 0 Å². The van der Waals surface area contributed by atoms with E-state index in [4.69, 9.17) is 44.3 Å². The molecule has 156 valence electrons. The van der Waals surface area contributed by atoms with E-state index in [1.54, 1.807) is 30.3 Å². The molecular formula is C19H14Cl3N3O4S. The third-order valence-electron chi connectivity index (χ3n) is 4.48. The van der Waals surface area contributed by atoms with Crippen LogP contribution in [0.25, 0.3) is 0 Å². The van der Waals surface area contributed by atoms with Crippen LogP contribution in [0.15, 0.2) is 36.4 Å². The van der Waals surface area contributed by atoms with Crippen molar-refractivity contribution in [3.63, 3.8) is 0 Å². The van der Waals surface area contributed by atoms with Crippen molar-refractivity contribution in [2.45, 2.75) is 18.0 Å². The van der Waals surface area contributed by atoms with Crippen molar-refractivity contribution >= 4 is 57.2 Å². The summed E-state index contributed by atoms with van der Waals surface area (Å²) in [5, 5.41) is 19.1. The van der Waals surface area contributed by atoms with E-state index in [2.05, 4.69) is 10.2 Å². The molecule has 1 amide bonds. The Balaban J connectivity index is 1.52. The minimum absolute atomic E-state index is 0.000725. The number of halogens is 3. The zero-order valence-electron chi connectivity index (χ0n) is 15.4. The van der Waals surface area contributed by atoms with Gasteiger partial charge in [-0.1, -0.05) is 40.6 Å². The third kappa shape index (κ3) is 3.88. The SMILES string of the molecule is COc1cc(C2C(Cl)C(=O)N2c2nnc(COc3ccc(Cl)cc3Cl)s2)ccc1O. The Labute approximate surface area is 190 Å². The maximum atomic E-state index is 12.4. The third-order valence-corrected chi connectivity index (χ3v) is 6.33. The highest BCUT2D eigenvalue weighted by Gasteiger charge is 2.49. The molecule has 2 unspecified atom stereocenters. The normalized spacial score (nSPS) is 18.3. The van der Waals surface area contributed by atoms with E-state index in [0.717, 1.165) is 0 Å². The number of anilines is 1. The van der Waals surface area contributed by atoms with Gasteiger partial charge in [0.2, 0.25) is 11.0 Å². The largest absolute Gasteiger partial charge is 0.504 e. The van der Waals surface area contributed by atoms with Crippen LogP contribution in [-0.4, -0.2) is 33.7 Å². The van der Waals surface area contributed by atoms with Crippen molar-refractivity contribution in [2.24, 2.45) is 0 Å². The fourth-order valence-electron chi connectivity index (χ4n) is 3.00. The van der Waals surface area contributed by atoms with Crippen molar-refractivity contribution in [3.05, 3.63) is 57.0 Å². The first-order valence-electron chi connectivity index (χ1n) is 8.63. The molecule has 0 radical (unpaired) electrons. The summed E-state index contributed by atoms with van der Waals surface area (Å²) in [6, 6.07) is 9.28. The zero-order chi connectivity index (χ0) is 21.4. The van der Waals surface area contributed by atoms with E-state index >= 15 is 0 Å². The van der Waals surface area contributed by atoms with Gasteiger partial charge >= 0.3 is 0 Å². The van der Waals surface area contributed by atoms with E-state index in [0.29, 0.717) is 37.2 Å². The number of β-lactam (4-membered cyclic amide) rings is 1. The summed E-state index contributed by atoms with van der Waals surface area (Å²) in [7, 11) is 1.45. The number of benzene rings is 2. The van der Waals surface area contributed by atoms with Crippen LogP contribution in [0.1, 0.15) is 16.6 Å². The van der Waals surface area contributed by atoms with E-state index in [-0.39, 0.29) is 18.3 Å². The van der Waals surface area contributed by atoms with Crippen molar-refractivity contribution in [1.29, 1.82) is 0 Å². The molecule has 30 heavy (non-hydrogen) atoms. The standard InChI is InChI=1S/C19H14Cl3N3O4S/c1-28-14-6-9(2-4-12(14)26)17-16(22)18(27)25(17)19-24-23-15(30-19)8-29-13-5-3-10(20)7-11(13)21/h2-7,16-17,26H,8H2,1H3. The monoisotopic (exact) mass is 485 g/mol. The maximum absolute atomic E-state index is 12.4. The molecule has 0 saturated carbocycles. The number of hydrogen-bond acceptors (Lipinski definition) is 7. The minimum atomic E-state index is -0.754. The van der Waals surface area contributed by atoms with Crippen LogP contribution < -0.4 is 14.4 Å². The number of alkyl halides is 1. The Bertz CT molecular complexity index is 1110. The first kappa shape index (κ1) is 21.0.